The third-order valence-electron chi connectivity index (χ3n) is 4.56. The van der Waals surface area contributed by atoms with Crippen LogP contribution < -0.4 is 5.32 Å². The van der Waals surface area contributed by atoms with Gasteiger partial charge in [0.1, 0.15) is 0 Å². The van der Waals surface area contributed by atoms with E-state index in [2.05, 4.69) is 28.9 Å². The molecule has 3 heterocycles. The summed E-state index contributed by atoms with van der Waals surface area (Å²) >= 11 is 2.11. The highest BCUT2D eigenvalue weighted by molar-refractivity contribution is 14.0. The predicted octanol–water partition coefficient (Wildman–Crippen LogP) is 2.81. The van der Waals surface area contributed by atoms with Crippen LogP contribution in [0.4, 0.5) is 0 Å². The average Bonchev–Trinajstić information content (AvgIpc) is 2.80. The average molecular weight is 395 g/mol. The first-order valence-electron chi connectivity index (χ1n) is 7.45. The summed E-state index contributed by atoms with van der Waals surface area (Å²) in [5.74, 6) is 5.60. The Bertz CT molecular complexity index is 318. The zero-order valence-electron chi connectivity index (χ0n) is 11.8. The first-order valence-corrected chi connectivity index (χ1v) is 8.61. The van der Waals surface area contributed by atoms with Gasteiger partial charge in [0.05, 0.1) is 12.6 Å². The van der Waals surface area contributed by atoms with Crippen LogP contribution in [0.1, 0.15) is 32.6 Å². The van der Waals surface area contributed by atoms with Crippen molar-refractivity contribution in [3.05, 3.63) is 0 Å². The molecule has 3 aliphatic rings. The third kappa shape index (κ3) is 3.93. The summed E-state index contributed by atoms with van der Waals surface area (Å²) in [6.07, 6.45) is 5.47. The Morgan fingerprint density at radius 2 is 2.05 bits per heavy atom. The van der Waals surface area contributed by atoms with Crippen molar-refractivity contribution in [2.24, 2.45) is 16.8 Å². The molecule has 3 rings (SSSR count). The van der Waals surface area contributed by atoms with Gasteiger partial charge in [-0.05, 0) is 49.0 Å². The van der Waals surface area contributed by atoms with Crippen molar-refractivity contribution in [1.82, 2.24) is 10.2 Å². The largest absolute Gasteiger partial charge is 0.356 e. The van der Waals surface area contributed by atoms with Gasteiger partial charge in [0.25, 0.3) is 0 Å². The van der Waals surface area contributed by atoms with Crippen LogP contribution in [0.2, 0.25) is 0 Å². The smallest absolute Gasteiger partial charge is 0.194 e. The fourth-order valence-corrected chi connectivity index (χ4v) is 4.49. The summed E-state index contributed by atoms with van der Waals surface area (Å²) in [4.78, 5) is 7.26. The van der Waals surface area contributed by atoms with E-state index in [4.69, 9.17) is 4.99 Å². The van der Waals surface area contributed by atoms with E-state index < -0.39 is 0 Å². The van der Waals surface area contributed by atoms with Crippen LogP contribution in [0.5, 0.6) is 0 Å². The van der Waals surface area contributed by atoms with E-state index >= 15 is 0 Å². The Morgan fingerprint density at radius 1 is 1.26 bits per heavy atom. The summed E-state index contributed by atoms with van der Waals surface area (Å²) in [5.41, 5.74) is 0. The minimum absolute atomic E-state index is 0. The molecule has 0 aromatic carbocycles. The van der Waals surface area contributed by atoms with Crippen molar-refractivity contribution >= 4 is 41.7 Å². The second-order valence-electron chi connectivity index (χ2n) is 6.09. The van der Waals surface area contributed by atoms with E-state index in [-0.39, 0.29) is 24.0 Å². The van der Waals surface area contributed by atoms with Crippen molar-refractivity contribution in [3.8, 4) is 0 Å². The maximum absolute atomic E-state index is 4.73. The number of fused-ring (bicyclic) bond motifs is 1. The number of rotatable bonds is 2. The second-order valence-corrected chi connectivity index (χ2v) is 7.31. The Balaban J connectivity index is 0.00000133. The summed E-state index contributed by atoms with van der Waals surface area (Å²) in [6.45, 7) is 5.73. The summed E-state index contributed by atoms with van der Waals surface area (Å²) in [6, 6.07) is 0.700. The zero-order chi connectivity index (χ0) is 12.4. The molecular weight excluding hydrogens is 369 g/mol. The summed E-state index contributed by atoms with van der Waals surface area (Å²) in [5, 5.41) is 3.64. The monoisotopic (exact) mass is 395 g/mol. The van der Waals surface area contributed by atoms with Crippen LogP contribution in [0.25, 0.3) is 0 Å². The molecule has 0 saturated carbocycles. The maximum Gasteiger partial charge on any atom is 0.194 e. The van der Waals surface area contributed by atoms with Gasteiger partial charge in [-0.1, -0.05) is 6.92 Å². The van der Waals surface area contributed by atoms with E-state index in [9.17, 15) is 0 Å². The molecule has 0 radical (unpaired) electrons. The molecule has 5 heteroatoms. The quantitative estimate of drug-likeness (QED) is 0.729. The van der Waals surface area contributed by atoms with Gasteiger partial charge in [0.2, 0.25) is 0 Å². The Kier molecular flexibility index (Phi) is 6.11. The summed E-state index contributed by atoms with van der Waals surface area (Å²) in [7, 11) is 0. The van der Waals surface area contributed by atoms with Gasteiger partial charge in [0, 0.05) is 13.1 Å². The third-order valence-corrected chi connectivity index (χ3v) is 5.60. The number of hydrogen-bond acceptors (Lipinski definition) is 4. The highest BCUT2D eigenvalue weighted by Gasteiger charge is 2.32. The predicted molar refractivity (Wildman–Crippen MR) is 94.7 cm³/mol. The lowest BCUT2D eigenvalue weighted by Gasteiger charge is -2.36. The van der Waals surface area contributed by atoms with E-state index in [1.165, 1.54) is 49.7 Å². The molecule has 19 heavy (non-hydrogen) atoms. The molecule has 0 amide bonds. The number of aliphatic imine (C=N–C) groups is 1. The van der Waals surface area contributed by atoms with E-state index in [1.54, 1.807) is 0 Å². The minimum atomic E-state index is 0. The van der Waals surface area contributed by atoms with Gasteiger partial charge in [-0.3, -0.25) is 4.99 Å². The van der Waals surface area contributed by atoms with Crippen molar-refractivity contribution in [2.75, 3.05) is 31.1 Å². The lowest BCUT2D eigenvalue weighted by molar-refractivity contribution is 0.210. The lowest BCUT2D eigenvalue weighted by Crippen LogP contribution is -2.49. The molecule has 0 aromatic heterocycles. The number of halogens is 1. The normalized spacial score (nSPS) is 31.4. The lowest BCUT2D eigenvalue weighted by atomic mass is 9.95. The molecule has 3 nitrogen and oxygen atoms in total. The molecule has 2 fully saturated rings. The van der Waals surface area contributed by atoms with Crippen molar-refractivity contribution in [3.63, 3.8) is 0 Å². The Labute approximate surface area is 138 Å². The molecule has 2 saturated heterocycles. The van der Waals surface area contributed by atoms with Gasteiger partial charge in [-0.25, -0.2) is 0 Å². The molecule has 0 spiro atoms. The molecule has 1 N–H and O–H groups in total. The van der Waals surface area contributed by atoms with E-state index in [1.807, 2.05) is 0 Å². The van der Waals surface area contributed by atoms with Crippen LogP contribution in [-0.4, -0.2) is 48.0 Å². The van der Waals surface area contributed by atoms with Gasteiger partial charge < -0.3 is 10.2 Å². The van der Waals surface area contributed by atoms with Crippen molar-refractivity contribution in [1.29, 1.82) is 0 Å². The first kappa shape index (κ1) is 15.7. The van der Waals surface area contributed by atoms with Gasteiger partial charge in [-0.2, -0.15) is 11.8 Å². The van der Waals surface area contributed by atoms with Crippen LogP contribution in [0.3, 0.4) is 0 Å². The molecule has 0 bridgehead atoms. The van der Waals surface area contributed by atoms with E-state index in [0.717, 1.165) is 24.9 Å². The zero-order valence-corrected chi connectivity index (χ0v) is 15.0. The fourth-order valence-electron chi connectivity index (χ4n) is 3.28. The Morgan fingerprint density at radius 3 is 2.84 bits per heavy atom. The second kappa shape index (κ2) is 7.38. The number of thioether (sulfide) groups is 1. The molecule has 110 valence electrons. The standard InChI is InChI=1S/C14H25N3S.HI/c1-11-2-3-13-9-16-14(17(13)10-11)15-8-12-4-6-18-7-5-12;/h11-13H,2-10H2,1H3,(H,15,16);1H. The van der Waals surface area contributed by atoms with Crippen molar-refractivity contribution in [2.45, 2.75) is 38.6 Å². The number of piperidine rings is 1. The number of nitrogens with zero attached hydrogens (tertiary/aromatic N) is 2. The minimum Gasteiger partial charge on any atom is -0.356 e. The number of hydrogen-bond donors (Lipinski definition) is 1. The highest BCUT2D eigenvalue weighted by atomic mass is 127. The highest BCUT2D eigenvalue weighted by Crippen LogP contribution is 2.26. The summed E-state index contributed by atoms with van der Waals surface area (Å²) < 4.78 is 0. The van der Waals surface area contributed by atoms with Crippen LogP contribution in [-0.2, 0) is 0 Å². The molecule has 3 aliphatic heterocycles. The SMILES string of the molecule is CC1CCC2CN=C(NCC3CCSCC3)N2C1.I. The maximum atomic E-state index is 4.73. The van der Waals surface area contributed by atoms with Crippen LogP contribution in [0, 0.1) is 11.8 Å². The topological polar surface area (TPSA) is 27.6 Å². The van der Waals surface area contributed by atoms with Gasteiger partial charge in [-0.15, -0.1) is 24.0 Å². The van der Waals surface area contributed by atoms with Crippen LogP contribution >= 0.6 is 35.7 Å². The first-order chi connectivity index (χ1) is 8.83. The van der Waals surface area contributed by atoms with Gasteiger partial charge in [0.15, 0.2) is 5.96 Å². The van der Waals surface area contributed by atoms with E-state index in [0.29, 0.717) is 6.04 Å². The van der Waals surface area contributed by atoms with Crippen molar-refractivity contribution < 1.29 is 0 Å². The molecule has 2 atom stereocenters. The molecule has 2 unspecified atom stereocenters. The Hall–Kier alpha value is 0.350. The fraction of sp³-hybridized carbons (Fsp3) is 0.929. The molecular formula is C14H26IN3S. The van der Waals surface area contributed by atoms with Crippen LogP contribution in [0.15, 0.2) is 4.99 Å². The number of guanidine groups is 1. The van der Waals surface area contributed by atoms with Gasteiger partial charge >= 0.3 is 0 Å². The molecule has 0 aliphatic carbocycles. The molecule has 0 aromatic rings. The number of nitrogens with one attached hydrogen (secondary N) is 1.